The van der Waals surface area contributed by atoms with Crippen LogP contribution in [0.2, 0.25) is 0 Å². The van der Waals surface area contributed by atoms with Crippen LogP contribution in [0.5, 0.6) is 0 Å². The van der Waals surface area contributed by atoms with Gasteiger partial charge >= 0.3 is 0 Å². The minimum absolute atomic E-state index is 0.667. The first kappa shape index (κ1) is 7.76. The van der Waals surface area contributed by atoms with Crippen LogP contribution in [-0.4, -0.2) is 23.9 Å². The SMILES string of the molecule is CN(O)CC1CC=CCC1. The fourth-order valence-electron chi connectivity index (χ4n) is 1.40. The van der Waals surface area contributed by atoms with E-state index in [4.69, 9.17) is 5.21 Å². The van der Waals surface area contributed by atoms with Gasteiger partial charge in [0.2, 0.25) is 0 Å². The number of rotatable bonds is 2. The molecular weight excluding hydrogens is 126 g/mol. The Morgan fingerprint density at radius 1 is 1.60 bits per heavy atom. The maximum atomic E-state index is 8.91. The van der Waals surface area contributed by atoms with Crippen molar-refractivity contribution in [3.8, 4) is 0 Å². The van der Waals surface area contributed by atoms with Gasteiger partial charge in [0.15, 0.2) is 0 Å². The van der Waals surface area contributed by atoms with E-state index in [0.29, 0.717) is 5.92 Å². The van der Waals surface area contributed by atoms with Crippen LogP contribution in [0.4, 0.5) is 0 Å². The number of nitrogens with zero attached hydrogens (tertiary/aromatic N) is 1. The molecule has 0 saturated carbocycles. The van der Waals surface area contributed by atoms with Crippen molar-refractivity contribution in [2.75, 3.05) is 13.6 Å². The van der Waals surface area contributed by atoms with Crippen molar-refractivity contribution in [1.82, 2.24) is 5.06 Å². The highest BCUT2D eigenvalue weighted by atomic mass is 16.5. The van der Waals surface area contributed by atoms with Crippen LogP contribution < -0.4 is 0 Å². The Morgan fingerprint density at radius 3 is 2.90 bits per heavy atom. The molecule has 0 amide bonds. The van der Waals surface area contributed by atoms with E-state index in [-0.39, 0.29) is 0 Å². The second-order valence-corrected chi connectivity index (χ2v) is 2.99. The predicted molar refractivity (Wildman–Crippen MR) is 40.9 cm³/mol. The summed E-state index contributed by atoms with van der Waals surface area (Å²) < 4.78 is 0. The van der Waals surface area contributed by atoms with Crippen molar-refractivity contribution in [2.45, 2.75) is 19.3 Å². The third-order valence-corrected chi connectivity index (χ3v) is 1.90. The number of hydrogen-bond acceptors (Lipinski definition) is 2. The summed E-state index contributed by atoms with van der Waals surface area (Å²) in [6.45, 7) is 0.810. The molecule has 1 unspecified atom stereocenters. The lowest BCUT2D eigenvalue weighted by molar-refractivity contribution is -0.0766. The van der Waals surface area contributed by atoms with E-state index in [0.717, 1.165) is 13.0 Å². The number of hydroxylamine groups is 2. The largest absolute Gasteiger partial charge is 0.314 e. The Hall–Kier alpha value is -0.340. The molecule has 0 fully saturated rings. The van der Waals surface area contributed by atoms with Crippen molar-refractivity contribution in [3.63, 3.8) is 0 Å². The molecule has 0 bridgehead atoms. The normalized spacial score (nSPS) is 25.7. The van der Waals surface area contributed by atoms with Gasteiger partial charge in [-0.15, -0.1) is 0 Å². The second-order valence-electron chi connectivity index (χ2n) is 2.99. The summed E-state index contributed by atoms with van der Waals surface area (Å²) in [5, 5.41) is 10.2. The predicted octanol–water partition coefficient (Wildman–Crippen LogP) is 1.66. The second kappa shape index (κ2) is 3.74. The lowest BCUT2D eigenvalue weighted by Gasteiger charge is -2.20. The lowest BCUT2D eigenvalue weighted by atomic mass is 9.94. The fraction of sp³-hybridized carbons (Fsp3) is 0.750. The van der Waals surface area contributed by atoms with Crippen LogP contribution in [-0.2, 0) is 0 Å². The molecule has 0 radical (unpaired) electrons. The van der Waals surface area contributed by atoms with Crippen molar-refractivity contribution >= 4 is 0 Å². The van der Waals surface area contributed by atoms with Crippen LogP contribution in [0.1, 0.15) is 19.3 Å². The Labute approximate surface area is 62.1 Å². The van der Waals surface area contributed by atoms with E-state index in [1.165, 1.54) is 17.9 Å². The van der Waals surface area contributed by atoms with Gasteiger partial charge in [0.05, 0.1) is 0 Å². The third kappa shape index (κ3) is 2.50. The molecule has 1 N–H and O–H groups in total. The molecular formula is C8H15NO. The molecule has 0 aromatic rings. The fourth-order valence-corrected chi connectivity index (χ4v) is 1.40. The first-order valence-corrected chi connectivity index (χ1v) is 3.84. The lowest BCUT2D eigenvalue weighted by Crippen LogP contribution is -2.22. The van der Waals surface area contributed by atoms with Crippen molar-refractivity contribution in [1.29, 1.82) is 0 Å². The number of hydrogen-bond donors (Lipinski definition) is 1. The van der Waals surface area contributed by atoms with Crippen LogP contribution in [0.3, 0.4) is 0 Å². The molecule has 10 heavy (non-hydrogen) atoms. The summed E-state index contributed by atoms with van der Waals surface area (Å²) in [5.74, 6) is 0.667. The molecule has 0 saturated heterocycles. The van der Waals surface area contributed by atoms with Gasteiger partial charge < -0.3 is 5.21 Å². The van der Waals surface area contributed by atoms with Crippen molar-refractivity contribution < 1.29 is 5.21 Å². The molecule has 0 spiro atoms. The smallest absolute Gasteiger partial charge is 0.0266 e. The van der Waals surface area contributed by atoms with Gasteiger partial charge in [-0.2, -0.15) is 5.06 Å². The molecule has 58 valence electrons. The molecule has 1 atom stereocenters. The van der Waals surface area contributed by atoms with Gasteiger partial charge in [0, 0.05) is 13.6 Å². The highest BCUT2D eigenvalue weighted by molar-refractivity contribution is 4.90. The molecule has 0 aromatic heterocycles. The first-order chi connectivity index (χ1) is 4.79. The Bertz CT molecular complexity index is 120. The van der Waals surface area contributed by atoms with E-state index in [2.05, 4.69) is 12.2 Å². The maximum absolute atomic E-state index is 8.91. The average Bonchev–Trinajstić information content (AvgIpc) is 1.88. The van der Waals surface area contributed by atoms with Crippen molar-refractivity contribution in [2.24, 2.45) is 5.92 Å². The molecule has 2 nitrogen and oxygen atoms in total. The highest BCUT2D eigenvalue weighted by Gasteiger charge is 2.10. The summed E-state index contributed by atoms with van der Waals surface area (Å²) in [5.41, 5.74) is 0. The minimum Gasteiger partial charge on any atom is -0.314 e. The van der Waals surface area contributed by atoms with Gasteiger partial charge in [-0.3, -0.25) is 0 Å². The average molecular weight is 141 g/mol. The van der Waals surface area contributed by atoms with E-state index < -0.39 is 0 Å². The van der Waals surface area contributed by atoms with Gasteiger partial charge in [-0.05, 0) is 25.2 Å². The summed E-state index contributed by atoms with van der Waals surface area (Å²) in [6, 6.07) is 0. The zero-order valence-corrected chi connectivity index (χ0v) is 6.45. The van der Waals surface area contributed by atoms with Crippen LogP contribution >= 0.6 is 0 Å². The van der Waals surface area contributed by atoms with Crippen LogP contribution in [0.25, 0.3) is 0 Å². The molecule has 0 heterocycles. The van der Waals surface area contributed by atoms with E-state index >= 15 is 0 Å². The Kier molecular flexibility index (Phi) is 2.90. The Morgan fingerprint density at radius 2 is 2.40 bits per heavy atom. The van der Waals surface area contributed by atoms with Gasteiger partial charge in [0.1, 0.15) is 0 Å². The third-order valence-electron chi connectivity index (χ3n) is 1.90. The van der Waals surface area contributed by atoms with Crippen molar-refractivity contribution in [3.05, 3.63) is 12.2 Å². The standard InChI is InChI=1S/C8H15NO/c1-9(10)7-8-5-3-2-4-6-8/h2-3,8,10H,4-7H2,1H3. The van der Waals surface area contributed by atoms with Crippen LogP contribution in [0.15, 0.2) is 12.2 Å². The van der Waals surface area contributed by atoms with E-state index in [9.17, 15) is 0 Å². The molecule has 1 aliphatic rings. The van der Waals surface area contributed by atoms with E-state index in [1.54, 1.807) is 7.05 Å². The monoisotopic (exact) mass is 141 g/mol. The van der Waals surface area contributed by atoms with Gasteiger partial charge in [0.25, 0.3) is 0 Å². The first-order valence-electron chi connectivity index (χ1n) is 3.84. The highest BCUT2D eigenvalue weighted by Crippen LogP contribution is 2.17. The molecule has 2 heteroatoms. The van der Waals surface area contributed by atoms with Gasteiger partial charge in [-0.25, -0.2) is 0 Å². The minimum atomic E-state index is 0.667. The summed E-state index contributed by atoms with van der Waals surface area (Å²) in [4.78, 5) is 0. The molecule has 1 rings (SSSR count). The quantitative estimate of drug-likeness (QED) is 0.467. The Balaban J connectivity index is 2.22. The van der Waals surface area contributed by atoms with Crippen LogP contribution in [0, 0.1) is 5.92 Å². The zero-order chi connectivity index (χ0) is 7.40. The zero-order valence-electron chi connectivity index (χ0n) is 6.45. The number of allylic oxidation sites excluding steroid dienone is 2. The maximum Gasteiger partial charge on any atom is 0.0266 e. The molecule has 0 aliphatic heterocycles. The summed E-state index contributed by atoms with van der Waals surface area (Å²) in [7, 11) is 1.71. The molecule has 0 aromatic carbocycles. The topological polar surface area (TPSA) is 23.5 Å². The summed E-state index contributed by atoms with van der Waals surface area (Å²) in [6.07, 6.45) is 7.95. The molecule has 1 aliphatic carbocycles. The van der Waals surface area contributed by atoms with Gasteiger partial charge in [-0.1, -0.05) is 12.2 Å². The summed E-state index contributed by atoms with van der Waals surface area (Å²) >= 11 is 0. The van der Waals surface area contributed by atoms with E-state index in [1.807, 2.05) is 0 Å².